The summed E-state index contributed by atoms with van der Waals surface area (Å²) in [4.78, 5) is 14.1. The first-order valence-electron chi connectivity index (χ1n) is 5.56. The molecule has 0 saturated carbocycles. The zero-order valence-electron chi connectivity index (χ0n) is 10.2. The fraction of sp³-hybridized carbons (Fsp3) is 0.167. The summed E-state index contributed by atoms with van der Waals surface area (Å²) in [5, 5.41) is 10.5. The highest BCUT2D eigenvalue weighted by atomic mass is 79.9. The summed E-state index contributed by atoms with van der Waals surface area (Å²) >= 11 is 2.99. The Morgan fingerprint density at radius 2 is 2.14 bits per heavy atom. The number of benzene rings is 1. The highest BCUT2D eigenvalue weighted by molar-refractivity contribution is 9.10. The summed E-state index contributed by atoms with van der Waals surface area (Å²) in [5.74, 6) is -0.111. The molecule has 0 radical (unpaired) electrons. The topological polar surface area (TPSA) is 75.4 Å². The number of carboxylic acid groups (broad SMARTS) is 1. The average molecular weight is 365 g/mol. The lowest BCUT2D eigenvalue weighted by Gasteiger charge is -2.11. The Kier molecular flexibility index (Phi) is 4.21. The van der Waals surface area contributed by atoms with E-state index in [1.165, 1.54) is 12.1 Å². The van der Waals surface area contributed by atoms with Crippen LogP contribution in [0.15, 0.2) is 33.3 Å². The normalized spacial score (nSPS) is 11.4. The molecule has 0 spiro atoms. The van der Waals surface area contributed by atoms with Crippen LogP contribution < -0.4 is 5.32 Å². The van der Waals surface area contributed by atoms with Crippen LogP contribution in [0.2, 0.25) is 0 Å². The van der Waals surface area contributed by atoms with Gasteiger partial charge < -0.3 is 14.8 Å². The number of halogens is 4. The van der Waals surface area contributed by atoms with Gasteiger partial charge in [0.25, 0.3) is 0 Å². The standard InChI is InChI=1S/C12H8BrF3N2O3/c13-6-1-2-7(8(3-6)12(14,15)16)9-4-17-10(21-9)5-18-11(19)20/h1-4,18H,5H2,(H,19,20). The number of amides is 1. The molecule has 112 valence electrons. The van der Waals surface area contributed by atoms with Crippen LogP contribution in [-0.2, 0) is 12.7 Å². The fourth-order valence-corrected chi connectivity index (χ4v) is 1.99. The number of hydrogen-bond donors (Lipinski definition) is 2. The molecule has 0 unspecified atom stereocenters. The Labute approximate surface area is 124 Å². The van der Waals surface area contributed by atoms with E-state index in [0.717, 1.165) is 12.3 Å². The van der Waals surface area contributed by atoms with E-state index in [1.54, 1.807) is 0 Å². The van der Waals surface area contributed by atoms with Gasteiger partial charge in [0.1, 0.15) is 0 Å². The predicted molar refractivity (Wildman–Crippen MR) is 69.5 cm³/mol. The Morgan fingerprint density at radius 3 is 2.76 bits per heavy atom. The lowest BCUT2D eigenvalue weighted by atomic mass is 10.1. The lowest BCUT2D eigenvalue weighted by molar-refractivity contribution is -0.137. The molecule has 21 heavy (non-hydrogen) atoms. The number of nitrogens with one attached hydrogen (secondary N) is 1. The van der Waals surface area contributed by atoms with Crippen molar-refractivity contribution in [2.24, 2.45) is 0 Å². The molecule has 1 aromatic heterocycles. The first kappa shape index (κ1) is 15.4. The molecule has 0 saturated heterocycles. The summed E-state index contributed by atoms with van der Waals surface area (Å²) in [6.07, 6.45) is -4.71. The van der Waals surface area contributed by atoms with Crippen LogP contribution in [0.3, 0.4) is 0 Å². The monoisotopic (exact) mass is 364 g/mol. The second-order valence-electron chi connectivity index (χ2n) is 3.96. The molecular weight excluding hydrogens is 357 g/mol. The Morgan fingerprint density at radius 1 is 1.43 bits per heavy atom. The molecule has 1 heterocycles. The minimum Gasteiger partial charge on any atom is -0.465 e. The molecule has 0 bridgehead atoms. The third kappa shape index (κ3) is 3.75. The number of nitrogens with zero attached hydrogens (tertiary/aromatic N) is 1. The summed E-state index contributed by atoms with van der Waals surface area (Å²) in [5.41, 5.74) is -1.04. The van der Waals surface area contributed by atoms with Crippen molar-refractivity contribution in [3.8, 4) is 11.3 Å². The summed E-state index contributed by atoms with van der Waals surface area (Å²) in [6.45, 7) is -0.229. The number of aromatic nitrogens is 1. The Balaban J connectivity index is 2.36. The molecule has 5 nitrogen and oxygen atoms in total. The molecule has 0 aliphatic heterocycles. The number of hydrogen-bond acceptors (Lipinski definition) is 3. The molecule has 0 atom stereocenters. The predicted octanol–water partition coefficient (Wildman–Crippen LogP) is 3.89. The zero-order chi connectivity index (χ0) is 15.6. The van der Waals surface area contributed by atoms with E-state index in [-0.39, 0.29) is 28.2 Å². The van der Waals surface area contributed by atoms with Gasteiger partial charge in [-0.15, -0.1) is 0 Å². The quantitative estimate of drug-likeness (QED) is 0.866. The Hall–Kier alpha value is -2.03. The van der Waals surface area contributed by atoms with Crippen LogP contribution in [0.4, 0.5) is 18.0 Å². The maximum Gasteiger partial charge on any atom is 0.417 e. The van der Waals surface area contributed by atoms with Crippen molar-refractivity contribution in [2.75, 3.05) is 0 Å². The van der Waals surface area contributed by atoms with E-state index in [9.17, 15) is 18.0 Å². The fourth-order valence-electron chi connectivity index (χ4n) is 1.63. The molecule has 2 rings (SSSR count). The maximum absolute atomic E-state index is 13.0. The largest absolute Gasteiger partial charge is 0.465 e. The average Bonchev–Trinajstić information content (AvgIpc) is 2.84. The van der Waals surface area contributed by atoms with Crippen LogP contribution in [-0.4, -0.2) is 16.2 Å². The van der Waals surface area contributed by atoms with Crippen molar-refractivity contribution >= 4 is 22.0 Å². The highest BCUT2D eigenvalue weighted by Crippen LogP contribution is 2.38. The number of oxazole rings is 1. The van der Waals surface area contributed by atoms with Gasteiger partial charge in [-0.1, -0.05) is 15.9 Å². The smallest absolute Gasteiger partial charge is 0.417 e. The van der Waals surface area contributed by atoms with Crippen molar-refractivity contribution in [3.63, 3.8) is 0 Å². The van der Waals surface area contributed by atoms with Gasteiger partial charge in [0.05, 0.1) is 18.3 Å². The van der Waals surface area contributed by atoms with Gasteiger partial charge in [-0.25, -0.2) is 9.78 Å². The summed E-state index contributed by atoms with van der Waals surface area (Å²) < 4.78 is 44.4. The van der Waals surface area contributed by atoms with Crippen molar-refractivity contribution < 1.29 is 27.5 Å². The Bertz CT molecular complexity index is 670. The maximum atomic E-state index is 13.0. The van der Waals surface area contributed by atoms with Gasteiger partial charge in [-0.2, -0.15) is 13.2 Å². The van der Waals surface area contributed by atoms with Crippen LogP contribution in [0.1, 0.15) is 11.5 Å². The van der Waals surface area contributed by atoms with Crippen molar-refractivity contribution in [2.45, 2.75) is 12.7 Å². The third-order valence-electron chi connectivity index (χ3n) is 2.50. The van der Waals surface area contributed by atoms with E-state index in [4.69, 9.17) is 9.52 Å². The van der Waals surface area contributed by atoms with Crippen molar-refractivity contribution in [1.29, 1.82) is 0 Å². The van der Waals surface area contributed by atoms with E-state index in [2.05, 4.69) is 20.9 Å². The summed E-state index contributed by atoms with van der Waals surface area (Å²) in [6, 6.07) is 3.64. The van der Waals surface area contributed by atoms with Crippen LogP contribution in [0.25, 0.3) is 11.3 Å². The third-order valence-corrected chi connectivity index (χ3v) is 2.99. The number of carbonyl (C=O) groups is 1. The first-order chi connectivity index (χ1) is 9.77. The molecule has 0 aliphatic carbocycles. The second kappa shape index (κ2) is 5.76. The molecule has 2 N–H and O–H groups in total. The first-order valence-corrected chi connectivity index (χ1v) is 6.35. The van der Waals surface area contributed by atoms with Gasteiger partial charge in [-0.3, -0.25) is 0 Å². The van der Waals surface area contributed by atoms with Gasteiger partial charge in [0.2, 0.25) is 5.89 Å². The van der Waals surface area contributed by atoms with Crippen LogP contribution in [0.5, 0.6) is 0 Å². The molecule has 9 heteroatoms. The van der Waals surface area contributed by atoms with Gasteiger partial charge in [0, 0.05) is 10.0 Å². The van der Waals surface area contributed by atoms with Crippen molar-refractivity contribution in [3.05, 3.63) is 40.3 Å². The zero-order valence-corrected chi connectivity index (χ0v) is 11.8. The highest BCUT2D eigenvalue weighted by Gasteiger charge is 2.34. The van der Waals surface area contributed by atoms with Gasteiger partial charge >= 0.3 is 12.3 Å². The number of alkyl halides is 3. The minimum absolute atomic E-state index is 0.0246. The second-order valence-corrected chi connectivity index (χ2v) is 4.88. The van der Waals surface area contributed by atoms with Crippen molar-refractivity contribution in [1.82, 2.24) is 10.3 Å². The molecular formula is C12H8BrF3N2O3. The molecule has 0 aliphatic rings. The molecule has 0 fully saturated rings. The molecule has 1 amide bonds. The van der Waals surface area contributed by atoms with E-state index in [1.807, 2.05) is 5.32 Å². The van der Waals surface area contributed by atoms with Gasteiger partial charge in [0.15, 0.2) is 5.76 Å². The van der Waals surface area contributed by atoms with E-state index >= 15 is 0 Å². The van der Waals surface area contributed by atoms with Gasteiger partial charge in [-0.05, 0) is 18.2 Å². The number of rotatable bonds is 3. The molecule has 2 aromatic rings. The van der Waals surface area contributed by atoms with Crippen LogP contribution >= 0.6 is 15.9 Å². The molecule has 1 aromatic carbocycles. The SMILES string of the molecule is O=C(O)NCc1ncc(-c2ccc(Br)cc2C(F)(F)F)o1. The van der Waals surface area contributed by atoms with E-state index < -0.39 is 17.8 Å². The van der Waals surface area contributed by atoms with Crippen LogP contribution in [0, 0.1) is 0 Å². The summed E-state index contributed by atoms with van der Waals surface area (Å²) in [7, 11) is 0. The van der Waals surface area contributed by atoms with E-state index in [0.29, 0.717) is 0 Å². The minimum atomic E-state index is -4.55. The lowest BCUT2D eigenvalue weighted by Crippen LogP contribution is -2.19.